The summed E-state index contributed by atoms with van der Waals surface area (Å²) in [6.07, 6.45) is 0. The highest BCUT2D eigenvalue weighted by Crippen LogP contribution is 2.40. The summed E-state index contributed by atoms with van der Waals surface area (Å²) in [5, 5.41) is 17.2. The Morgan fingerprint density at radius 3 is 2.04 bits per heavy atom. The van der Waals surface area contributed by atoms with Gasteiger partial charge in [0, 0.05) is 18.1 Å². The predicted octanol–water partition coefficient (Wildman–Crippen LogP) is 5.02. The fourth-order valence-corrected chi connectivity index (χ4v) is 3.55. The standard InChI is InChI=1S/C21H21NO.ClH/c1-21(2,12-23)20(22)17-11-9-15-7-6-13-4-3-5-14-8-10-16(17)19(15)18(13)14;/h3-11,20,23H,12,22H2,1-2H3;1H/t20-;/m1./s1. The Morgan fingerprint density at radius 2 is 1.42 bits per heavy atom. The highest BCUT2D eigenvalue weighted by Gasteiger charge is 2.28. The molecule has 124 valence electrons. The maximum atomic E-state index is 9.69. The second kappa shape index (κ2) is 5.89. The molecule has 4 aromatic carbocycles. The number of hydrogen-bond acceptors (Lipinski definition) is 2. The van der Waals surface area contributed by atoms with E-state index < -0.39 is 0 Å². The summed E-state index contributed by atoms with van der Waals surface area (Å²) in [6.45, 7) is 4.08. The van der Waals surface area contributed by atoms with E-state index in [2.05, 4.69) is 54.6 Å². The van der Waals surface area contributed by atoms with E-state index in [0.29, 0.717) is 0 Å². The third kappa shape index (κ3) is 2.34. The van der Waals surface area contributed by atoms with Gasteiger partial charge in [-0.3, -0.25) is 0 Å². The molecule has 4 rings (SSSR count). The Labute approximate surface area is 148 Å². The van der Waals surface area contributed by atoms with Gasteiger partial charge in [0.1, 0.15) is 0 Å². The second-order valence-corrected chi connectivity index (χ2v) is 7.14. The molecule has 0 saturated carbocycles. The van der Waals surface area contributed by atoms with Gasteiger partial charge in [-0.1, -0.05) is 68.4 Å². The minimum atomic E-state index is -0.358. The Bertz CT molecular complexity index is 993. The van der Waals surface area contributed by atoms with Gasteiger partial charge in [0.05, 0.1) is 0 Å². The molecule has 0 aliphatic heterocycles. The molecule has 2 nitrogen and oxygen atoms in total. The Kier molecular flexibility index (Phi) is 4.16. The SMILES string of the molecule is CC(C)(CO)[C@H](N)c1ccc2ccc3cccc4ccc1c2c34.Cl. The maximum absolute atomic E-state index is 9.69. The molecule has 0 aliphatic rings. The molecule has 3 heteroatoms. The van der Waals surface area contributed by atoms with Crippen molar-refractivity contribution in [1.82, 2.24) is 0 Å². The van der Waals surface area contributed by atoms with Crippen molar-refractivity contribution in [2.45, 2.75) is 19.9 Å². The molecule has 0 aromatic heterocycles. The van der Waals surface area contributed by atoms with Crippen molar-refractivity contribution in [3.63, 3.8) is 0 Å². The lowest BCUT2D eigenvalue weighted by Gasteiger charge is -2.31. The number of rotatable bonds is 3. The highest BCUT2D eigenvalue weighted by atomic mass is 35.5. The topological polar surface area (TPSA) is 46.2 Å². The molecular weight excluding hydrogens is 318 g/mol. The summed E-state index contributed by atoms with van der Waals surface area (Å²) >= 11 is 0. The number of halogens is 1. The summed E-state index contributed by atoms with van der Waals surface area (Å²) in [5.74, 6) is 0. The molecule has 3 N–H and O–H groups in total. The Hall–Kier alpha value is -1.87. The van der Waals surface area contributed by atoms with Crippen LogP contribution >= 0.6 is 12.4 Å². The van der Waals surface area contributed by atoms with E-state index in [0.717, 1.165) is 5.56 Å². The van der Waals surface area contributed by atoms with Crippen molar-refractivity contribution < 1.29 is 5.11 Å². The average Bonchev–Trinajstić information content (AvgIpc) is 2.59. The summed E-state index contributed by atoms with van der Waals surface area (Å²) < 4.78 is 0. The molecule has 0 radical (unpaired) electrons. The first-order valence-corrected chi connectivity index (χ1v) is 8.06. The van der Waals surface area contributed by atoms with Gasteiger partial charge in [-0.25, -0.2) is 0 Å². The Morgan fingerprint density at radius 1 is 0.875 bits per heavy atom. The minimum absolute atomic E-state index is 0. The quantitative estimate of drug-likeness (QED) is 0.514. The van der Waals surface area contributed by atoms with Gasteiger partial charge in [-0.05, 0) is 37.9 Å². The first-order chi connectivity index (χ1) is 11.0. The molecule has 0 aliphatic carbocycles. The molecule has 0 amide bonds. The lowest BCUT2D eigenvalue weighted by atomic mass is 9.79. The monoisotopic (exact) mass is 339 g/mol. The molecule has 0 bridgehead atoms. The van der Waals surface area contributed by atoms with Crippen LogP contribution in [0.4, 0.5) is 0 Å². The van der Waals surface area contributed by atoms with Crippen LogP contribution in [0.3, 0.4) is 0 Å². The van der Waals surface area contributed by atoms with Crippen molar-refractivity contribution in [2.24, 2.45) is 11.1 Å². The van der Waals surface area contributed by atoms with E-state index in [1.165, 1.54) is 32.3 Å². The molecule has 4 aromatic rings. The van der Waals surface area contributed by atoms with Crippen LogP contribution in [0.15, 0.2) is 54.6 Å². The smallest absolute Gasteiger partial charge is 0.0500 e. The van der Waals surface area contributed by atoms with Gasteiger partial charge in [-0.2, -0.15) is 0 Å². The van der Waals surface area contributed by atoms with Crippen molar-refractivity contribution in [3.8, 4) is 0 Å². The van der Waals surface area contributed by atoms with Crippen LogP contribution in [-0.2, 0) is 0 Å². The van der Waals surface area contributed by atoms with E-state index in [-0.39, 0.29) is 30.5 Å². The number of benzene rings is 4. The summed E-state index contributed by atoms with van der Waals surface area (Å²) in [6, 6.07) is 19.2. The number of hydrogen-bond donors (Lipinski definition) is 2. The van der Waals surface area contributed by atoms with Gasteiger partial charge >= 0.3 is 0 Å². The van der Waals surface area contributed by atoms with E-state index in [4.69, 9.17) is 5.73 Å². The average molecular weight is 340 g/mol. The van der Waals surface area contributed by atoms with Crippen LogP contribution < -0.4 is 5.73 Å². The van der Waals surface area contributed by atoms with Crippen LogP contribution in [0.5, 0.6) is 0 Å². The first-order valence-electron chi connectivity index (χ1n) is 8.06. The van der Waals surface area contributed by atoms with E-state index in [1.54, 1.807) is 0 Å². The minimum Gasteiger partial charge on any atom is -0.396 e. The fraction of sp³-hybridized carbons (Fsp3) is 0.238. The summed E-state index contributed by atoms with van der Waals surface area (Å²) in [5.41, 5.74) is 7.27. The largest absolute Gasteiger partial charge is 0.396 e. The molecule has 1 atom stereocenters. The van der Waals surface area contributed by atoms with Gasteiger partial charge in [-0.15, -0.1) is 12.4 Å². The van der Waals surface area contributed by atoms with Gasteiger partial charge in [0.15, 0.2) is 0 Å². The van der Waals surface area contributed by atoms with Gasteiger partial charge in [0.25, 0.3) is 0 Å². The molecule has 0 spiro atoms. The predicted molar refractivity (Wildman–Crippen MR) is 105 cm³/mol. The zero-order valence-electron chi connectivity index (χ0n) is 13.9. The van der Waals surface area contributed by atoms with Crippen LogP contribution in [0, 0.1) is 5.41 Å². The second-order valence-electron chi connectivity index (χ2n) is 7.14. The third-order valence-electron chi connectivity index (χ3n) is 5.15. The zero-order valence-corrected chi connectivity index (χ0v) is 14.7. The summed E-state index contributed by atoms with van der Waals surface area (Å²) in [4.78, 5) is 0. The van der Waals surface area contributed by atoms with Crippen molar-refractivity contribution in [3.05, 3.63) is 60.2 Å². The molecular formula is C21H22ClNO. The van der Waals surface area contributed by atoms with Gasteiger partial charge in [0.2, 0.25) is 0 Å². The normalized spacial score (nSPS) is 13.5. The number of aliphatic hydroxyl groups is 1. The highest BCUT2D eigenvalue weighted by molar-refractivity contribution is 6.23. The van der Waals surface area contributed by atoms with Crippen LogP contribution in [0.25, 0.3) is 32.3 Å². The Balaban J connectivity index is 0.00000169. The maximum Gasteiger partial charge on any atom is 0.0500 e. The van der Waals surface area contributed by atoms with Crippen molar-refractivity contribution in [2.75, 3.05) is 6.61 Å². The number of aliphatic hydroxyl groups excluding tert-OH is 1. The molecule has 0 unspecified atom stereocenters. The lowest BCUT2D eigenvalue weighted by Crippen LogP contribution is -2.32. The third-order valence-corrected chi connectivity index (χ3v) is 5.15. The molecule has 0 fully saturated rings. The lowest BCUT2D eigenvalue weighted by molar-refractivity contribution is 0.133. The van der Waals surface area contributed by atoms with E-state index in [1.807, 2.05) is 13.8 Å². The molecule has 24 heavy (non-hydrogen) atoms. The fourth-order valence-electron chi connectivity index (χ4n) is 3.55. The zero-order chi connectivity index (χ0) is 16.2. The van der Waals surface area contributed by atoms with Crippen LogP contribution in [0.1, 0.15) is 25.5 Å². The van der Waals surface area contributed by atoms with E-state index in [9.17, 15) is 5.11 Å². The van der Waals surface area contributed by atoms with E-state index >= 15 is 0 Å². The molecule has 0 heterocycles. The van der Waals surface area contributed by atoms with Crippen LogP contribution in [0.2, 0.25) is 0 Å². The van der Waals surface area contributed by atoms with Crippen molar-refractivity contribution in [1.29, 1.82) is 0 Å². The van der Waals surface area contributed by atoms with Gasteiger partial charge < -0.3 is 10.8 Å². The first kappa shape index (κ1) is 17.0. The van der Waals surface area contributed by atoms with Crippen molar-refractivity contribution >= 4 is 44.7 Å². The van der Waals surface area contributed by atoms with Crippen LogP contribution in [-0.4, -0.2) is 11.7 Å². The number of nitrogens with two attached hydrogens (primary N) is 1. The summed E-state index contributed by atoms with van der Waals surface area (Å²) in [7, 11) is 0. The molecule has 0 saturated heterocycles.